The standard InChI is InChI=1S/C43H28ClN5/c44-33-25-26-35(37(27-33)43-48-41(31-19-9-3-10-20-31)47-42(49-43)32-21-11-4-12-22-32)34-23-13-14-24-36(34)39-28-38(29-15-5-1-6-16-29)45-40(46-39)30-17-7-2-8-18-30/h1-28H. The number of aromatic nitrogens is 5. The van der Waals surface area contributed by atoms with E-state index in [0.29, 0.717) is 28.3 Å². The predicted molar refractivity (Wildman–Crippen MR) is 198 cm³/mol. The second-order valence-corrected chi connectivity index (χ2v) is 11.9. The van der Waals surface area contributed by atoms with E-state index >= 15 is 0 Å². The predicted octanol–water partition coefficient (Wildman–Crippen LogP) is 11.0. The largest absolute Gasteiger partial charge is 0.228 e. The number of nitrogens with zero attached hydrogens (tertiary/aromatic N) is 5. The summed E-state index contributed by atoms with van der Waals surface area (Å²) in [7, 11) is 0. The summed E-state index contributed by atoms with van der Waals surface area (Å²) in [6.45, 7) is 0. The highest BCUT2D eigenvalue weighted by Gasteiger charge is 2.20. The quantitative estimate of drug-likeness (QED) is 0.172. The van der Waals surface area contributed by atoms with Crippen LogP contribution in [0.5, 0.6) is 0 Å². The van der Waals surface area contributed by atoms with Gasteiger partial charge in [-0.3, -0.25) is 0 Å². The Kier molecular flexibility index (Phi) is 8.24. The van der Waals surface area contributed by atoms with E-state index in [2.05, 4.69) is 30.3 Å². The van der Waals surface area contributed by atoms with Gasteiger partial charge in [0.15, 0.2) is 23.3 Å². The minimum atomic E-state index is 0.526. The van der Waals surface area contributed by atoms with Crippen LogP contribution in [0.25, 0.3) is 79.2 Å². The lowest BCUT2D eigenvalue weighted by atomic mass is 9.93. The van der Waals surface area contributed by atoms with Gasteiger partial charge in [0.2, 0.25) is 0 Å². The first-order valence-corrected chi connectivity index (χ1v) is 16.3. The summed E-state index contributed by atoms with van der Waals surface area (Å²) in [6, 6.07) is 56.4. The third-order valence-electron chi connectivity index (χ3n) is 8.24. The average molecular weight is 650 g/mol. The van der Waals surface area contributed by atoms with Crippen molar-refractivity contribution in [2.75, 3.05) is 0 Å². The summed E-state index contributed by atoms with van der Waals surface area (Å²) in [4.78, 5) is 25.1. The Balaban J connectivity index is 1.34. The molecule has 0 aliphatic heterocycles. The van der Waals surface area contributed by atoms with Gasteiger partial charge in [-0.05, 0) is 29.3 Å². The lowest BCUT2D eigenvalue weighted by Crippen LogP contribution is -2.01. The van der Waals surface area contributed by atoms with Crippen molar-refractivity contribution < 1.29 is 0 Å². The first-order valence-electron chi connectivity index (χ1n) is 16.0. The average Bonchev–Trinajstić information content (AvgIpc) is 3.19. The molecule has 6 aromatic carbocycles. The van der Waals surface area contributed by atoms with E-state index in [4.69, 9.17) is 36.5 Å². The maximum absolute atomic E-state index is 6.71. The van der Waals surface area contributed by atoms with Crippen LogP contribution in [0.4, 0.5) is 0 Å². The van der Waals surface area contributed by atoms with Gasteiger partial charge in [-0.15, -0.1) is 0 Å². The van der Waals surface area contributed by atoms with Gasteiger partial charge in [-0.25, -0.2) is 24.9 Å². The third-order valence-corrected chi connectivity index (χ3v) is 8.48. The molecule has 5 nitrogen and oxygen atoms in total. The molecule has 0 aliphatic carbocycles. The highest BCUT2D eigenvalue weighted by molar-refractivity contribution is 6.31. The van der Waals surface area contributed by atoms with E-state index in [-0.39, 0.29) is 0 Å². The second kappa shape index (κ2) is 13.4. The van der Waals surface area contributed by atoms with Crippen LogP contribution in [-0.2, 0) is 0 Å². The molecule has 0 atom stereocenters. The summed E-state index contributed by atoms with van der Waals surface area (Å²) in [5.41, 5.74) is 9.02. The highest BCUT2D eigenvalue weighted by atomic mass is 35.5. The van der Waals surface area contributed by atoms with Crippen LogP contribution in [-0.4, -0.2) is 24.9 Å². The minimum Gasteiger partial charge on any atom is -0.228 e. The van der Waals surface area contributed by atoms with Crippen molar-refractivity contribution in [2.45, 2.75) is 0 Å². The lowest BCUT2D eigenvalue weighted by Gasteiger charge is -2.16. The molecule has 0 unspecified atom stereocenters. The van der Waals surface area contributed by atoms with Crippen molar-refractivity contribution in [3.63, 3.8) is 0 Å². The van der Waals surface area contributed by atoms with Crippen LogP contribution in [0.2, 0.25) is 5.02 Å². The molecule has 6 heteroatoms. The molecule has 0 aliphatic rings. The van der Waals surface area contributed by atoms with Gasteiger partial charge in [-0.1, -0.05) is 163 Å². The molecule has 0 spiro atoms. The van der Waals surface area contributed by atoms with Crippen LogP contribution in [0.3, 0.4) is 0 Å². The normalized spacial score (nSPS) is 11.0. The van der Waals surface area contributed by atoms with Crippen LogP contribution < -0.4 is 0 Å². The van der Waals surface area contributed by atoms with Crippen LogP contribution in [0.15, 0.2) is 170 Å². The van der Waals surface area contributed by atoms with Gasteiger partial charge in [0.25, 0.3) is 0 Å². The summed E-state index contributed by atoms with van der Waals surface area (Å²) in [5.74, 6) is 2.34. The Labute approximate surface area is 289 Å². The smallest absolute Gasteiger partial charge is 0.164 e. The summed E-state index contributed by atoms with van der Waals surface area (Å²) in [5, 5.41) is 0.582. The Morgan fingerprint density at radius 3 is 1.24 bits per heavy atom. The molecule has 0 fully saturated rings. The fourth-order valence-corrected chi connectivity index (χ4v) is 6.04. The lowest BCUT2D eigenvalue weighted by molar-refractivity contribution is 1.07. The summed E-state index contributed by atoms with van der Waals surface area (Å²) < 4.78 is 0. The van der Waals surface area contributed by atoms with Crippen molar-refractivity contribution in [1.29, 1.82) is 0 Å². The van der Waals surface area contributed by atoms with Gasteiger partial charge < -0.3 is 0 Å². The molecule has 0 saturated heterocycles. The number of benzene rings is 6. The monoisotopic (exact) mass is 649 g/mol. The number of hydrogen-bond donors (Lipinski definition) is 0. The van der Waals surface area contributed by atoms with Crippen molar-refractivity contribution in [2.24, 2.45) is 0 Å². The van der Waals surface area contributed by atoms with Gasteiger partial charge in [0, 0.05) is 38.4 Å². The summed E-state index contributed by atoms with van der Waals surface area (Å²) in [6.07, 6.45) is 0. The van der Waals surface area contributed by atoms with Gasteiger partial charge in [0.1, 0.15) is 0 Å². The maximum atomic E-state index is 6.71. The molecule has 0 saturated carbocycles. The molecule has 0 bridgehead atoms. The highest BCUT2D eigenvalue weighted by Crippen LogP contribution is 2.40. The zero-order valence-corrected chi connectivity index (χ0v) is 27.0. The van der Waals surface area contributed by atoms with E-state index in [1.54, 1.807) is 0 Å². The molecule has 0 N–H and O–H groups in total. The topological polar surface area (TPSA) is 64.5 Å². The van der Waals surface area contributed by atoms with E-state index in [1.807, 2.05) is 140 Å². The molecule has 8 rings (SSSR count). The molecule has 0 radical (unpaired) electrons. The first kappa shape index (κ1) is 30.1. The third kappa shape index (κ3) is 6.35. The maximum Gasteiger partial charge on any atom is 0.164 e. The Hall–Kier alpha value is -6.30. The van der Waals surface area contributed by atoms with Crippen LogP contribution in [0.1, 0.15) is 0 Å². The van der Waals surface area contributed by atoms with Crippen LogP contribution >= 0.6 is 11.6 Å². The zero-order valence-electron chi connectivity index (χ0n) is 26.3. The van der Waals surface area contributed by atoms with Crippen molar-refractivity contribution in [1.82, 2.24) is 24.9 Å². The van der Waals surface area contributed by atoms with E-state index in [0.717, 1.165) is 55.9 Å². The fourth-order valence-electron chi connectivity index (χ4n) is 5.87. The van der Waals surface area contributed by atoms with Gasteiger partial charge in [-0.2, -0.15) is 0 Å². The zero-order chi connectivity index (χ0) is 33.0. The number of hydrogen-bond acceptors (Lipinski definition) is 5. The molecular weight excluding hydrogens is 622 g/mol. The molecule has 49 heavy (non-hydrogen) atoms. The number of halogens is 1. The molecule has 232 valence electrons. The fraction of sp³-hybridized carbons (Fsp3) is 0. The number of rotatable bonds is 7. The molecular formula is C43H28ClN5. The van der Waals surface area contributed by atoms with E-state index < -0.39 is 0 Å². The molecule has 2 aromatic heterocycles. The SMILES string of the molecule is Clc1ccc(-c2ccccc2-c2cc(-c3ccccc3)nc(-c3ccccc3)n2)c(-c2nc(-c3ccccc3)nc(-c3ccccc3)n2)c1. The minimum absolute atomic E-state index is 0.526. The first-order chi connectivity index (χ1) is 24.2. The van der Waals surface area contributed by atoms with Crippen LogP contribution in [0, 0.1) is 0 Å². The van der Waals surface area contributed by atoms with Gasteiger partial charge in [0.05, 0.1) is 11.4 Å². The Morgan fingerprint density at radius 2 is 0.694 bits per heavy atom. The van der Waals surface area contributed by atoms with Crippen molar-refractivity contribution in [3.05, 3.63) is 175 Å². The molecule has 2 heterocycles. The van der Waals surface area contributed by atoms with Crippen molar-refractivity contribution in [3.8, 4) is 79.2 Å². The van der Waals surface area contributed by atoms with E-state index in [9.17, 15) is 0 Å². The second-order valence-electron chi connectivity index (χ2n) is 11.5. The molecule has 8 aromatic rings. The Morgan fingerprint density at radius 1 is 0.286 bits per heavy atom. The van der Waals surface area contributed by atoms with Gasteiger partial charge >= 0.3 is 0 Å². The molecule has 0 amide bonds. The Bertz CT molecular complexity index is 2270. The summed E-state index contributed by atoms with van der Waals surface area (Å²) >= 11 is 6.71. The van der Waals surface area contributed by atoms with Crippen molar-refractivity contribution >= 4 is 11.6 Å². The van der Waals surface area contributed by atoms with E-state index in [1.165, 1.54) is 0 Å².